The van der Waals surface area contributed by atoms with Crippen LogP contribution in [0, 0.1) is 0 Å². The lowest BCUT2D eigenvalue weighted by Crippen LogP contribution is -2.48. The fourth-order valence-electron chi connectivity index (χ4n) is 2.92. The van der Waals surface area contributed by atoms with Crippen LogP contribution in [-0.2, 0) is 14.6 Å². The van der Waals surface area contributed by atoms with Gasteiger partial charge >= 0.3 is 0 Å². The molecule has 0 unspecified atom stereocenters. The average molecular weight is 354 g/mol. The van der Waals surface area contributed by atoms with Gasteiger partial charge in [-0.25, -0.2) is 8.42 Å². The summed E-state index contributed by atoms with van der Waals surface area (Å²) in [4.78, 5) is 14.4. The molecule has 2 rings (SSSR count). The van der Waals surface area contributed by atoms with E-state index in [0.717, 1.165) is 19.4 Å². The van der Waals surface area contributed by atoms with Gasteiger partial charge in [-0.05, 0) is 50.5 Å². The van der Waals surface area contributed by atoms with Crippen LogP contribution in [0.3, 0.4) is 0 Å². The second kappa shape index (κ2) is 7.98. The van der Waals surface area contributed by atoms with Crippen LogP contribution in [0.15, 0.2) is 29.2 Å². The van der Waals surface area contributed by atoms with Crippen molar-refractivity contribution < 1.29 is 17.9 Å². The number of hydrogen-bond donors (Lipinski definition) is 1. The summed E-state index contributed by atoms with van der Waals surface area (Å²) < 4.78 is 28.3. The van der Waals surface area contributed by atoms with Crippen molar-refractivity contribution in [2.75, 3.05) is 19.4 Å². The van der Waals surface area contributed by atoms with E-state index in [0.29, 0.717) is 25.2 Å². The summed E-state index contributed by atoms with van der Waals surface area (Å²) in [6.07, 6.45) is 3.96. The zero-order valence-corrected chi connectivity index (χ0v) is 15.1. The maximum Gasteiger partial charge on any atom is 0.222 e. The predicted molar refractivity (Wildman–Crippen MR) is 92.7 cm³/mol. The molecule has 0 spiro atoms. The number of piperidine rings is 1. The highest BCUT2D eigenvalue weighted by molar-refractivity contribution is 7.90. The number of sulfone groups is 1. The molecule has 6 nitrogen and oxygen atoms in total. The van der Waals surface area contributed by atoms with E-state index in [2.05, 4.69) is 0 Å². The lowest BCUT2D eigenvalue weighted by Gasteiger charge is -2.36. The fraction of sp³-hybridized carbons (Fsp3) is 0.588. The van der Waals surface area contributed by atoms with Crippen LogP contribution in [0.5, 0.6) is 5.75 Å². The summed E-state index contributed by atoms with van der Waals surface area (Å²) >= 11 is 0. The molecule has 2 atom stereocenters. The molecular weight excluding hydrogens is 328 g/mol. The molecule has 0 radical (unpaired) electrons. The number of amides is 1. The molecule has 7 heteroatoms. The summed E-state index contributed by atoms with van der Waals surface area (Å²) in [6, 6.07) is 6.70. The van der Waals surface area contributed by atoms with Crippen LogP contribution in [0.4, 0.5) is 0 Å². The van der Waals surface area contributed by atoms with E-state index in [-0.39, 0.29) is 22.9 Å². The number of benzene rings is 1. The smallest absolute Gasteiger partial charge is 0.222 e. The molecule has 1 aromatic carbocycles. The number of carbonyl (C=O) groups excluding carboxylic acids is 1. The Kier molecular flexibility index (Phi) is 6.23. The zero-order valence-electron chi connectivity index (χ0n) is 14.3. The van der Waals surface area contributed by atoms with Gasteiger partial charge in [-0.3, -0.25) is 4.79 Å². The molecule has 1 amide bonds. The van der Waals surface area contributed by atoms with E-state index >= 15 is 0 Å². The number of ether oxygens (including phenoxy) is 1. The molecule has 1 aromatic rings. The largest absolute Gasteiger partial charge is 0.494 e. The minimum absolute atomic E-state index is 0.144. The number of rotatable bonds is 6. The topological polar surface area (TPSA) is 89.7 Å². The number of nitrogens with two attached hydrogens (primary N) is 1. The van der Waals surface area contributed by atoms with Gasteiger partial charge in [0.05, 0.1) is 11.5 Å². The van der Waals surface area contributed by atoms with Crippen LogP contribution in [0.2, 0.25) is 0 Å². The van der Waals surface area contributed by atoms with Gasteiger partial charge in [-0.2, -0.15) is 0 Å². The first-order chi connectivity index (χ1) is 11.3. The van der Waals surface area contributed by atoms with Crippen molar-refractivity contribution in [3.63, 3.8) is 0 Å². The maximum atomic E-state index is 12.2. The molecule has 1 aliphatic rings. The quantitative estimate of drug-likeness (QED) is 0.784. The normalized spacial score (nSPS) is 21.5. The van der Waals surface area contributed by atoms with Gasteiger partial charge in [-0.15, -0.1) is 0 Å². The second-order valence-electron chi connectivity index (χ2n) is 6.42. The molecule has 0 aromatic heterocycles. The lowest BCUT2D eigenvalue weighted by molar-refractivity contribution is -0.134. The molecule has 134 valence electrons. The van der Waals surface area contributed by atoms with E-state index in [1.165, 1.54) is 18.4 Å². The van der Waals surface area contributed by atoms with Crippen molar-refractivity contribution in [3.8, 4) is 5.75 Å². The Hall–Kier alpha value is -1.60. The van der Waals surface area contributed by atoms with Gasteiger partial charge in [0.2, 0.25) is 5.91 Å². The van der Waals surface area contributed by atoms with Crippen molar-refractivity contribution >= 4 is 15.7 Å². The Labute approximate surface area is 143 Å². The first-order valence-corrected chi connectivity index (χ1v) is 10.1. The number of likely N-dealkylation sites (tertiary alicyclic amines) is 1. The molecule has 2 N–H and O–H groups in total. The van der Waals surface area contributed by atoms with E-state index in [9.17, 15) is 13.2 Å². The van der Waals surface area contributed by atoms with Crippen molar-refractivity contribution in [1.82, 2.24) is 4.90 Å². The summed E-state index contributed by atoms with van der Waals surface area (Å²) in [7, 11) is -3.19. The highest BCUT2D eigenvalue weighted by atomic mass is 32.2. The third-order valence-electron chi connectivity index (χ3n) is 4.29. The second-order valence-corrected chi connectivity index (χ2v) is 8.43. The third kappa shape index (κ3) is 5.21. The fourth-order valence-corrected chi connectivity index (χ4v) is 3.55. The molecular formula is C17H26N2O4S. The first-order valence-electron chi connectivity index (χ1n) is 8.25. The monoisotopic (exact) mass is 354 g/mol. The van der Waals surface area contributed by atoms with E-state index < -0.39 is 9.84 Å². The lowest BCUT2D eigenvalue weighted by atomic mass is 9.98. The molecule has 0 aliphatic carbocycles. The van der Waals surface area contributed by atoms with Gasteiger partial charge in [-0.1, -0.05) is 0 Å². The van der Waals surface area contributed by atoms with Gasteiger partial charge in [0.1, 0.15) is 5.75 Å². The van der Waals surface area contributed by atoms with Crippen LogP contribution in [0.1, 0.15) is 32.6 Å². The SMILES string of the molecule is C[C@@H]1C[C@@H](N)CCN1C(=O)CCCOc1ccc(S(C)(=O)=O)cc1. The van der Waals surface area contributed by atoms with Crippen molar-refractivity contribution in [2.24, 2.45) is 5.73 Å². The van der Waals surface area contributed by atoms with Crippen LogP contribution >= 0.6 is 0 Å². The Morgan fingerprint density at radius 2 is 2.00 bits per heavy atom. The Morgan fingerprint density at radius 1 is 1.33 bits per heavy atom. The van der Waals surface area contributed by atoms with Crippen molar-refractivity contribution in [2.45, 2.75) is 49.6 Å². The van der Waals surface area contributed by atoms with Gasteiger partial charge in [0.25, 0.3) is 0 Å². The molecule has 1 heterocycles. The van der Waals surface area contributed by atoms with E-state index in [4.69, 9.17) is 10.5 Å². The molecule has 1 aliphatic heterocycles. The summed E-state index contributed by atoms with van der Waals surface area (Å²) in [5.74, 6) is 0.748. The Bertz CT molecular complexity index is 658. The van der Waals surface area contributed by atoms with Crippen LogP contribution < -0.4 is 10.5 Å². The summed E-state index contributed by atoms with van der Waals surface area (Å²) in [5.41, 5.74) is 5.92. The Balaban J connectivity index is 1.74. The van der Waals surface area contributed by atoms with Crippen molar-refractivity contribution in [3.05, 3.63) is 24.3 Å². The van der Waals surface area contributed by atoms with E-state index in [1.807, 2.05) is 11.8 Å². The standard InChI is InChI=1S/C17H26N2O4S/c1-13-12-14(18)9-10-19(13)17(20)4-3-11-23-15-5-7-16(8-6-15)24(2,21)22/h5-8,13-14H,3-4,9-12,18H2,1-2H3/t13-,14+/m1/s1. The predicted octanol–water partition coefficient (Wildman–Crippen LogP) is 1.59. The van der Waals surface area contributed by atoms with Crippen LogP contribution in [0.25, 0.3) is 0 Å². The molecule has 0 bridgehead atoms. The highest BCUT2D eigenvalue weighted by Crippen LogP contribution is 2.18. The van der Waals surface area contributed by atoms with E-state index in [1.54, 1.807) is 12.1 Å². The average Bonchev–Trinajstić information content (AvgIpc) is 2.51. The number of nitrogens with zero attached hydrogens (tertiary/aromatic N) is 1. The summed E-state index contributed by atoms with van der Waals surface area (Å²) in [5, 5.41) is 0. The minimum Gasteiger partial charge on any atom is -0.494 e. The first kappa shape index (κ1) is 18.7. The van der Waals surface area contributed by atoms with Gasteiger partial charge in [0, 0.05) is 31.3 Å². The zero-order chi connectivity index (χ0) is 17.7. The number of carbonyl (C=O) groups is 1. The maximum absolute atomic E-state index is 12.2. The summed E-state index contributed by atoms with van der Waals surface area (Å²) in [6.45, 7) is 3.19. The molecule has 24 heavy (non-hydrogen) atoms. The number of hydrogen-bond acceptors (Lipinski definition) is 5. The highest BCUT2D eigenvalue weighted by Gasteiger charge is 2.26. The minimum atomic E-state index is -3.19. The van der Waals surface area contributed by atoms with Crippen molar-refractivity contribution in [1.29, 1.82) is 0 Å². The molecule has 1 fully saturated rings. The van der Waals surface area contributed by atoms with Crippen LogP contribution in [-0.4, -0.2) is 50.7 Å². The van der Waals surface area contributed by atoms with Gasteiger partial charge in [0.15, 0.2) is 9.84 Å². The van der Waals surface area contributed by atoms with Gasteiger partial charge < -0.3 is 15.4 Å². The third-order valence-corrected chi connectivity index (χ3v) is 5.42. The molecule has 1 saturated heterocycles. The molecule has 0 saturated carbocycles. The Morgan fingerprint density at radius 3 is 2.58 bits per heavy atom.